The average Bonchev–Trinajstić information content (AvgIpc) is 3.24. The van der Waals surface area contributed by atoms with Crippen molar-refractivity contribution < 1.29 is 4.74 Å². The molecular formula is C26H33N5O. The van der Waals surface area contributed by atoms with Crippen molar-refractivity contribution in [2.45, 2.75) is 32.9 Å². The minimum absolute atomic E-state index is 0.0627. The van der Waals surface area contributed by atoms with E-state index in [2.05, 4.69) is 81.1 Å². The molecule has 1 aliphatic heterocycles. The second-order valence-corrected chi connectivity index (χ2v) is 8.35. The molecule has 4 rings (SSSR count). The molecular weight excluding hydrogens is 398 g/mol. The average molecular weight is 432 g/mol. The molecule has 1 atom stereocenters. The molecule has 1 aromatic heterocycles. The summed E-state index contributed by atoms with van der Waals surface area (Å²) < 4.78 is 8.32. The first kappa shape index (κ1) is 22.1. The fourth-order valence-corrected chi connectivity index (χ4v) is 4.33. The zero-order valence-corrected chi connectivity index (χ0v) is 19.3. The molecule has 3 aromatic rings. The molecule has 1 fully saturated rings. The number of morpholine rings is 1. The molecule has 1 unspecified atom stereocenters. The van der Waals surface area contributed by atoms with Gasteiger partial charge in [0.25, 0.3) is 0 Å². The van der Waals surface area contributed by atoms with Crippen molar-refractivity contribution in [3.8, 4) is 0 Å². The number of rotatable bonds is 6. The first-order chi connectivity index (χ1) is 15.6. The summed E-state index contributed by atoms with van der Waals surface area (Å²) in [6.07, 6.45) is 4.83. The summed E-state index contributed by atoms with van der Waals surface area (Å²) >= 11 is 0. The Bertz CT molecular complexity index is 1040. The smallest absolute Gasteiger partial charge is 0.193 e. The van der Waals surface area contributed by atoms with Crippen molar-refractivity contribution in [3.05, 3.63) is 89.0 Å². The number of benzene rings is 2. The van der Waals surface area contributed by atoms with Gasteiger partial charge in [0.2, 0.25) is 0 Å². The van der Waals surface area contributed by atoms with Crippen molar-refractivity contribution in [1.29, 1.82) is 0 Å². The molecule has 1 aliphatic rings. The lowest BCUT2D eigenvalue weighted by Gasteiger charge is -2.35. The van der Waals surface area contributed by atoms with Crippen molar-refractivity contribution in [2.24, 2.45) is 4.99 Å². The third-order valence-electron chi connectivity index (χ3n) is 5.98. The van der Waals surface area contributed by atoms with Crippen LogP contribution in [0.5, 0.6) is 0 Å². The standard InChI is InChI=1S/C26H33N5O/c1-20-9-10-23(21(2)17-20)24-19-31(15-16-32-24)26(27-3)29-12-11-25-28-13-14-30(25)18-22-7-5-4-6-8-22/h4-10,13-14,17,24H,11-12,15-16,18-19H2,1-3H3,(H,27,29). The van der Waals surface area contributed by atoms with E-state index >= 15 is 0 Å². The van der Waals surface area contributed by atoms with Crippen LogP contribution in [0.3, 0.4) is 0 Å². The molecule has 6 heteroatoms. The molecule has 1 N–H and O–H groups in total. The topological polar surface area (TPSA) is 54.7 Å². The third kappa shape index (κ3) is 5.37. The Kier molecular flexibility index (Phi) is 7.22. The van der Waals surface area contributed by atoms with Gasteiger partial charge in [-0.25, -0.2) is 4.98 Å². The van der Waals surface area contributed by atoms with Crippen LogP contribution in [0.1, 0.15) is 34.2 Å². The molecule has 2 heterocycles. The number of aliphatic imine (C=N–C) groups is 1. The Hall–Kier alpha value is -3.12. The molecule has 0 saturated carbocycles. The zero-order valence-electron chi connectivity index (χ0n) is 19.3. The van der Waals surface area contributed by atoms with Crippen molar-refractivity contribution >= 4 is 5.96 Å². The highest BCUT2D eigenvalue weighted by atomic mass is 16.5. The fourth-order valence-electron chi connectivity index (χ4n) is 4.33. The highest BCUT2D eigenvalue weighted by Gasteiger charge is 2.25. The van der Waals surface area contributed by atoms with Crippen LogP contribution in [0.2, 0.25) is 0 Å². The number of aromatic nitrogens is 2. The van der Waals surface area contributed by atoms with E-state index < -0.39 is 0 Å². The molecule has 0 bridgehead atoms. The summed E-state index contributed by atoms with van der Waals surface area (Å²) in [6.45, 7) is 8.24. The number of hydrogen-bond donors (Lipinski definition) is 1. The maximum absolute atomic E-state index is 6.11. The van der Waals surface area contributed by atoms with Gasteiger partial charge in [-0.1, -0.05) is 54.1 Å². The Morgan fingerprint density at radius 3 is 2.81 bits per heavy atom. The number of nitrogens with zero attached hydrogens (tertiary/aromatic N) is 4. The van der Waals surface area contributed by atoms with Gasteiger partial charge in [-0.3, -0.25) is 4.99 Å². The van der Waals surface area contributed by atoms with Crippen molar-refractivity contribution in [3.63, 3.8) is 0 Å². The molecule has 2 aromatic carbocycles. The van der Waals surface area contributed by atoms with Gasteiger partial charge in [-0.2, -0.15) is 0 Å². The van der Waals surface area contributed by atoms with Gasteiger partial charge >= 0.3 is 0 Å². The maximum Gasteiger partial charge on any atom is 0.193 e. The SMILES string of the molecule is CN=C(NCCc1nccn1Cc1ccccc1)N1CCOC(c2ccc(C)cc2C)C1. The Morgan fingerprint density at radius 1 is 1.19 bits per heavy atom. The quantitative estimate of drug-likeness (QED) is 0.477. The predicted octanol–water partition coefficient (Wildman–Crippen LogP) is 3.74. The lowest BCUT2D eigenvalue weighted by atomic mass is 10.00. The first-order valence-corrected chi connectivity index (χ1v) is 11.3. The largest absolute Gasteiger partial charge is 0.370 e. The van der Waals surface area contributed by atoms with E-state index in [1.54, 1.807) is 0 Å². The van der Waals surface area contributed by atoms with Crippen LogP contribution in [0.15, 0.2) is 65.9 Å². The number of nitrogens with one attached hydrogen (secondary N) is 1. The molecule has 0 spiro atoms. The molecule has 0 radical (unpaired) electrons. The number of guanidine groups is 1. The highest BCUT2D eigenvalue weighted by molar-refractivity contribution is 5.80. The second kappa shape index (κ2) is 10.5. The van der Waals surface area contributed by atoms with E-state index in [0.29, 0.717) is 6.61 Å². The summed E-state index contributed by atoms with van der Waals surface area (Å²) in [6, 6.07) is 17.1. The van der Waals surface area contributed by atoms with Crippen LogP contribution in [0.4, 0.5) is 0 Å². The molecule has 1 saturated heterocycles. The van der Waals surface area contributed by atoms with Gasteiger partial charge in [-0.15, -0.1) is 0 Å². The van der Waals surface area contributed by atoms with Gasteiger partial charge in [0.1, 0.15) is 11.9 Å². The summed E-state index contributed by atoms with van der Waals surface area (Å²) in [7, 11) is 1.85. The number of imidazole rings is 1. The van der Waals surface area contributed by atoms with Crippen molar-refractivity contribution in [1.82, 2.24) is 19.8 Å². The van der Waals surface area contributed by atoms with Crippen LogP contribution in [-0.2, 0) is 17.7 Å². The maximum atomic E-state index is 6.11. The second-order valence-electron chi connectivity index (χ2n) is 8.35. The monoisotopic (exact) mass is 431 g/mol. The van der Waals surface area contributed by atoms with Gasteiger partial charge in [0, 0.05) is 45.5 Å². The molecule has 168 valence electrons. The van der Waals surface area contributed by atoms with Crippen LogP contribution in [0, 0.1) is 13.8 Å². The van der Waals surface area contributed by atoms with E-state index in [1.807, 2.05) is 25.5 Å². The highest BCUT2D eigenvalue weighted by Crippen LogP contribution is 2.25. The third-order valence-corrected chi connectivity index (χ3v) is 5.98. The van der Waals surface area contributed by atoms with E-state index in [9.17, 15) is 0 Å². The normalized spacial score (nSPS) is 16.9. The molecule has 6 nitrogen and oxygen atoms in total. The van der Waals surface area contributed by atoms with Gasteiger partial charge in [0.05, 0.1) is 13.2 Å². The number of ether oxygens (including phenoxy) is 1. The van der Waals surface area contributed by atoms with E-state index in [1.165, 1.54) is 22.3 Å². The minimum Gasteiger partial charge on any atom is -0.370 e. The molecule has 0 aliphatic carbocycles. The van der Waals surface area contributed by atoms with Gasteiger partial charge < -0.3 is 19.5 Å². The lowest BCUT2D eigenvalue weighted by molar-refractivity contribution is -0.00830. The van der Waals surface area contributed by atoms with Gasteiger partial charge in [0.15, 0.2) is 5.96 Å². The number of hydrogen-bond acceptors (Lipinski definition) is 3. The Morgan fingerprint density at radius 2 is 2.03 bits per heavy atom. The molecule has 0 amide bonds. The summed E-state index contributed by atoms with van der Waals surface area (Å²) in [5, 5.41) is 3.53. The van der Waals surface area contributed by atoms with E-state index in [-0.39, 0.29) is 6.10 Å². The predicted molar refractivity (Wildman–Crippen MR) is 129 cm³/mol. The van der Waals surface area contributed by atoms with E-state index in [0.717, 1.165) is 44.4 Å². The van der Waals surface area contributed by atoms with Crippen molar-refractivity contribution in [2.75, 3.05) is 33.3 Å². The zero-order chi connectivity index (χ0) is 22.3. The van der Waals surface area contributed by atoms with Crippen LogP contribution in [0.25, 0.3) is 0 Å². The minimum atomic E-state index is 0.0627. The number of aryl methyl sites for hydroxylation is 2. The van der Waals surface area contributed by atoms with Crippen LogP contribution in [-0.4, -0.2) is 53.7 Å². The Balaban J connectivity index is 1.34. The van der Waals surface area contributed by atoms with E-state index in [4.69, 9.17) is 4.74 Å². The first-order valence-electron chi connectivity index (χ1n) is 11.3. The summed E-state index contributed by atoms with van der Waals surface area (Å²) in [5.41, 5.74) is 5.10. The van der Waals surface area contributed by atoms with Crippen LogP contribution < -0.4 is 5.32 Å². The summed E-state index contributed by atoms with van der Waals surface area (Å²) in [5.74, 6) is 2.00. The fraction of sp³-hybridized carbons (Fsp3) is 0.385. The summed E-state index contributed by atoms with van der Waals surface area (Å²) in [4.78, 5) is 11.4. The molecule has 32 heavy (non-hydrogen) atoms. The lowest BCUT2D eigenvalue weighted by Crippen LogP contribution is -2.48. The van der Waals surface area contributed by atoms with Gasteiger partial charge in [-0.05, 0) is 30.5 Å². The Labute approximate surface area is 191 Å². The van der Waals surface area contributed by atoms with Crippen LogP contribution >= 0.6 is 0 Å².